The molecule has 3 heterocycles. The van der Waals surface area contributed by atoms with Gasteiger partial charge < -0.3 is 14.8 Å². The number of nitrogens with one attached hydrogen (secondary N) is 1. The number of carbonyl (C=O) groups excluding carboxylic acids is 1. The molecule has 1 aromatic carbocycles. The zero-order chi connectivity index (χ0) is 20.7. The van der Waals surface area contributed by atoms with E-state index in [4.69, 9.17) is 19.4 Å². The molecule has 1 saturated carbocycles. The Kier molecular flexibility index (Phi) is 3.22. The lowest BCUT2D eigenvalue weighted by atomic mass is 9.63. The third-order valence-electron chi connectivity index (χ3n) is 7.84. The van der Waals surface area contributed by atoms with E-state index in [1.165, 1.54) is 0 Å². The molecule has 6 rings (SSSR count). The first-order valence-electron chi connectivity index (χ1n) is 10.2. The van der Waals surface area contributed by atoms with Gasteiger partial charge in [-0.2, -0.15) is 0 Å². The third kappa shape index (κ3) is 1.90. The number of aromatic nitrogens is 3. The van der Waals surface area contributed by atoms with Gasteiger partial charge >= 0.3 is 0 Å². The Balaban J connectivity index is 1.56. The number of pyridine rings is 1. The van der Waals surface area contributed by atoms with Crippen molar-refractivity contribution in [2.24, 2.45) is 5.41 Å². The van der Waals surface area contributed by atoms with Gasteiger partial charge in [-0.3, -0.25) is 9.78 Å². The van der Waals surface area contributed by atoms with Crippen molar-refractivity contribution in [1.82, 2.24) is 15.0 Å². The number of amides is 1. The molecule has 0 radical (unpaired) electrons. The summed E-state index contributed by atoms with van der Waals surface area (Å²) < 4.78 is 11.0. The van der Waals surface area contributed by atoms with Crippen LogP contribution in [0.3, 0.4) is 0 Å². The number of benzene rings is 1. The van der Waals surface area contributed by atoms with Gasteiger partial charge in [0.15, 0.2) is 11.5 Å². The lowest BCUT2D eigenvalue weighted by Crippen LogP contribution is -2.48. The van der Waals surface area contributed by atoms with Crippen molar-refractivity contribution in [3.8, 4) is 11.5 Å². The van der Waals surface area contributed by atoms with Crippen molar-refractivity contribution in [1.29, 1.82) is 0 Å². The van der Waals surface area contributed by atoms with Crippen LogP contribution in [0.4, 0.5) is 5.69 Å². The minimum absolute atomic E-state index is 0.0441. The number of rotatable bonds is 2. The monoisotopic (exact) mass is 402 g/mol. The zero-order valence-electron chi connectivity index (χ0n) is 17.2. The Morgan fingerprint density at radius 2 is 1.73 bits per heavy atom. The lowest BCUT2D eigenvalue weighted by molar-refractivity contribution is -0.125. The number of hydrogen-bond donors (Lipinski definition) is 1. The zero-order valence-corrected chi connectivity index (χ0v) is 17.2. The van der Waals surface area contributed by atoms with Gasteiger partial charge in [-0.25, -0.2) is 9.97 Å². The van der Waals surface area contributed by atoms with E-state index in [2.05, 4.69) is 31.1 Å². The van der Waals surface area contributed by atoms with Crippen LogP contribution in [0, 0.1) is 5.41 Å². The SMILES string of the molecule is CC12CCC(C(=O)Nc3cccnc3)(c3nc4cc5c(cc4nc31)OCO5)C2(C)C. The van der Waals surface area contributed by atoms with Crippen LogP contribution in [0.15, 0.2) is 36.7 Å². The number of fused-ring (bicyclic) bond motifs is 7. The van der Waals surface area contributed by atoms with Crippen LogP contribution < -0.4 is 14.8 Å². The van der Waals surface area contributed by atoms with Crippen molar-refractivity contribution in [2.45, 2.75) is 44.4 Å². The maximum absolute atomic E-state index is 13.8. The molecule has 1 fully saturated rings. The average Bonchev–Trinajstić information content (AvgIpc) is 3.30. The highest BCUT2D eigenvalue weighted by molar-refractivity contribution is 6.02. The van der Waals surface area contributed by atoms with Crippen LogP contribution in [0.2, 0.25) is 0 Å². The van der Waals surface area contributed by atoms with Crippen LogP contribution in [0.25, 0.3) is 11.0 Å². The van der Waals surface area contributed by atoms with Crippen molar-refractivity contribution in [2.75, 3.05) is 12.1 Å². The standard InChI is InChI=1S/C23H22N4O3/c1-21(2)22(3)6-7-23(21,20(28)25-13-5-4-8-24-11-13)19-18(22)26-14-9-16-17(30-12-29-16)10-15(14)27-19/h4-5,8-11H,6-7,12H2,1-3H3,(H,25,28). The predicted octanol–water partition coefficient (Wildman–Crippen LogP) is 3.72. The summed E-state index contributed by atoms with van der Waals surface area (Å²) in [5.41, 5.74) is 2.54. The Morgan fingerprint density at radius 3 is 2.40 bits per heavy atom. The molecule has 30 heavy (non-hydrogen) atoms. The molecule has 1 aliphatic heterocycles. The second-order valence-electron chi connectivity index (χ2n) is 9.17. The highest BCUT2D eigenvalue weighted by Gasteiger charge is 2.73. The quantitative estimate of drug-likeness (QED) is 0.703. The van der Waals surface area contributed by atoms with E-state index in [1.807, 2.05) is 24.3 Å². The maximum atomic E-state index is 13.8. The van der Waals surface area contributed by atoms with Gasteiger partial charge in [0.1, 0.15) is 0 Å². The van der Waals surface area contributed by atoms with Gasteiger partial charge in [0.25, 0.3) is 0 Å². The molecule has 2 bridgehead atoms. The van der Waals surface area contributed by atoms with Gasteiger partial charge in [-0.05, 0) is 30.4 Å². The number of hydrogen-bond acceptors (Lipinski definition) is 6. The van der Waals surface area contributed by atoms with E-state index in [1.54, 1.807) is 12.4 Å². The fraction of sp³-hybridized carbons (Fsp3) is 0.391. The molecule has 2 aromatic heterocycles. The summed E-state index contributed by atoms with van der Waals surface area (Å²) >= 11 is 0. The van der Waals surface area contributed by atoms with E-state index in [9.17, 15) is 4.79 Å². The molecule has 1 N–H and O–H groups in total. The number of carbonyl (C=O) groups is 1. The third-order valence-corrected chi connectivity index (χ3v) is 7.84. The molecule has 2 atom stereocenters. The van der Waals surface area contributed by atoms with Crippen molar-refractivity contribution < 1.29 is 14.3 Å². The first-order valence-corrected chi connectivity index (χ1v) is 10.2. The lowest BCUT2D eigenvalue weighted by Gasteiger charge is -2.39. The molecule has 2 aliphatic carbocycles. The van der Waals surface area contributed by atoms with E-state index < -0.39 is 5.41 Å². The van der Waals surface area contributed by atoms with Crippen LogP contribution in [0.1, 0.15) is 45.0 Å². The summed E-state index contributed by atoms with van der Waals surface area (Å²) in [4.78, 5) is 28.0. The van der Waals surface area contributed by atoms with Gasteiger partial charge in [-0.1, -0.05) is 20.8 Å². The molecule has 7 heteroatoms. The summed E-state index contributed by atoms with van der Waals surface area (Å²) in [7, 11) is 0. The van der Waals surface area contributed by atoms with E-state index >= 15 is 0 Å². The van der Waals surface area contributed by atoms with Crippen LogP contribution in [0.5, 0.6) is 11.5 Å². The van der Waals surface area contributed by atoms with Gasteiger partial charge in [0.2, 0.25) is 12.7 Å². The smallest absolute Gasteiger partial charge is 0.237 e. The Hall–Kier alpha value is -3.22. The molecule has 3 aliphatic rings. The number of nitrogens with zero attached hydrogens (tertiary/aromatic N) is 3. The number of ether oxygens (including phenoxy) is 2. The molecular weight excluding hydrogens is 380 g/mol. The predicted molar refractivity (Wildman–Crippen MR) is 111 cm³/mol. The van der Waals surface area contributed by atoms with Crippen molar-refractivity contribution >= 4 is 22.6 Å². The van der Waals surface area contributed by atoms with Crippen LogP contribution in [-0.4, -0.2) is 27.7 Å². The van der Waals surface area contributed by atoms with Gasteiger partial charge in [-0.15, -0.1) is 0 Å². The summed E-state index contributed by atoms with van der Waals surface area (Å²) in [6.07, 6.45) is 4.98. The molecule has 2 unspecified atom stereocenters. The first-order chi connectivity index (χ1) is 14.4. The molecular formula is C23H22N4O3. The topological polar surface area (TPSA) is 86.2 Å². The van der Waals surface area contributed by atoms with Crippen LogP contribution in [-0.2, 0) is 15.6 Å². The van der Waals surface area contributed by atoms with E-state index in [-0.39, 0.29) is 23.5 Å². The Labute approximate surface area is 173 Å². The second-order valence-corrected chi connectivity index (χ2v) is 9.17. The Bertz CT molecular complexity index is 1230. The maximum Gasteiger partial charge on any atom is 0.237 e. The van der Waals surface area contributed by atoms with Crippen molar-refractivity contribution in [3.05, 3.63) is 48.0 Å². The van der Waals surface area contributed by atoms with Gasteiger partial charge in [0.05, 0.1) is 39.7 Å². The molecule has 152 valence electrons. The Morgan fingerprint density at radius 1 is 1.03 bits per heavy atom. The van der Waals surface area contributed by atoms with Gasteiger partial charge in [0, 0.05) is 23.7 Å². The minimum Gasteiger partial charge on any atom is -0.454 e. The van der Waals surface area contributed by atoms with Crippen LogP contribution >= 0.6 is 0 Å². The fourth-order valence-corrected chi connectivity index (χ4v) is 5.67. The minimum atomic E-state index is -0.759. The first kappa shape index (κ1) is 17.6. The highest BCUT2D eigenvalue weighted by Crippen LogP contribution is 2.70. The highest BCUT2D eigenvalue weighted by atomic mass is 16.7. The summed E-state index contributed by atoms with van der Waals surface area (Å²) in [5, 5.41) is 3.09. The fourth-order valence-electron chi connectivity index (χ4n) is 5.67. The van der Waals surface area contributed by atoms with E-state index in [0.717, 1.165) is 35.3 Å². The molecule has 1 amide bonds. The second kappa shape index (κ2) is 5.47. The normalized spacial score (nSPS) is 27.3. The molecule has 0 saturated heterocycles. The summed E-state index contributed by atoms with van der Waals surface area (Å²) in [5.74, 6) is 1.31. The molecule has 3 aromatic rings. The summed E-state index contributed by atoms with van der Waals surface area (Å²) in [6, 6.07) is 7.41. The molecule has 0 spiro atoms. The average molecular weight is 402 g/mol. The number of anilines is 1. The van der Waals surface area contributed by atoms with E-state index in [0.29, 0.717) is 17.2 Å². The molecule has 7 nitrogen and oxygen atoms in total. The largest absolute Gasteiger partial charge is 0.454 e. The van der Waals surface area contributed by atoms with Crippen molar-refractivity contribution in [3.63, 3.8) is 0 Å². The summed E-state index contributed by atoms with van der Waals surface area (Å²) in [6.45, 7) is 6.76.